The van der Waals surface area contributed by atoms with Crippen molar-refractivity contribution in [3.63, 3.8) is 0 Å². The van der Waals surface area contributed by atoms with Gasteiger partial charge in [-0.2, -0.15) is 0 Å². The molecule has 1 aromatic rings. The summed E-state index contributed by atoms with van der Waals surface area (Å²) in [6.45, 7) is 3.63. The highest BCUT2D eigenvalue weighted by molar-refractivity contribution is 7.10. The zero-order chi connectivity index (χ0) is 6.69. The SMILES string of the molecule is C=CCc1cc(Cl)cs1. The molecule has 0 fully saturated rings. The van der Waals surface area contributed by atoms with Gasteiger partial charge in [-0.15, -0.1) is 17.9 Å². The van der Waals surface area contributed by atoms with E-state index in [0.717, 1.165) is 11.4 Å². The molecule has 2 heteroatoms. The van der Waals surface area contributed by atoms with Crippen LogP contribution in [-0.2, 0) is 6.42 Å². The van der Waals surface area contributed by atoms with Crippen molar-refractivity contribution in [1.29, 1.82) is 0 Å². The van der Waals surface area contributed by atoms with Gasteiger partial charge in [-0.05, 0) is 12.5 Å². The molecule has 0 bridgehead atoms. The van der Waals surface area contributed by atoms with E-state index >= 15 is 0 Å². The van der Waals surface area contributed by atoms with Crippen molar-refractivity contribution in [1.82, 2.24) is 0 Å². The van der Waals surface area contributed by atoms with Crippen LogP contribution in [0.4, 0.5) is 0 Å². The number of allylic oxidation sites excluding steroid dienone is 1. The molecule has 1 rings (SSSR count). The van der Waals surface area contributed by atoms with Gasteiger partial charge < -0.3 is 0 Å². The molecule has 1 heterocycles. The Hall–Kier alpha value is -0.270. The monoisotopic (exact) mass is 158 g/mol. The van der Waals surface area contributed by atoms with Crippen molar-refractivity contribution in [2.75, 3.05) is 0 Å². The van der Waals surface area contributed by atoms with Crippen LogP contribution in [0.15, 0.2) is 24.1 Å². The maximum atomic E-state index is 5.67. The van der Waals surface area contributed by atoms with Gasteiger partial charge in [-0.3, -0.25) is 0 Å². The lowest BCUT2D eigenvalue weighted by Crippen LogP contribution is -1.67. The van der Waals surface area contributed by atoms with E-state index < -0.39 is 0 Å². The molecule has 48 valence electrons. The normalized spacial score (nSPS) is 9.44. The van der Waals surface area contributed by atoms with E-state index in [1.807, 2.05) is 17.5 Å². The van der Waals surface area contributed by atoms with Gasteiger partial charge in [0.15, 0.2) is 0 Å². The lowest BCUT2D eigenvalue weighted by Gasteiger charge is -1.81. The van der Waals surface area contributed by atoms with E-state index in [1.54, 1.807) is 11.3 Å². The molecular weight excluding hydrogens is 152 g/mol. The lowest BCUT2D eigenvalue weighted by molar-refractivity contribution is 1.36. The van der Waals surface area contributed by atoms with Crippen LogP contribution in [0.5, 0.6) is 0 Å². The predicted molar refractivity (Wildman–Crippen MR) is 43.2 cm³/mol. The summed E-state index contributed by atoms with van der Waals surface area (Å²) in [7, 11) is 0. The Morgan fingerprint density at radius 3 is 3.00 bits per heavy atom. The summed E-state index contributed by atoms with van der Waals surface area (Å²) >= 11 is 7.34. The van der Waals surface area contributed by atoms with Gasteiger partial charge in [0.25, 0.3) is 0 Å². The topological polar surface area (TPSA) is 0 Å². The molecule has 0 N–H and O–H groups in total. The Balaban J connectivity index is 2.72. The maximum absolute atomic E-state index is 5.67. The molecule has 0 spiro atoms. The van der Waals surface area contributed by atoms with Gasteiger partial charge in [-0.1, -0.05) is 17.7 Å². The molecule has 0 aliphatic rings. The van der Waals surface area contributed by atoms with Crippen LogP contribution in [0.3, 0.4) is 0 Å². The molecular formula is C7H7ClS. The zero-order valence-corrected chi connectivity index (χ0v) is 6.50. The number of thiophene rings is 1. The summed E-state index contributed by atoms with van der Waals surface area (Å²) < 4.78 is 0. The molecule has 1 aromatic heterocycles. The minimum atomic E-state index is 0.830. The first kappa shape index (κ1) is 6.84. The third-order valence-electron chi connectivity index (χ3n) is 0.967. The summed E-state index contributed by atoms with van der Waals surface area (Å²) in [5.41, 5.74) is 0. The van der Waals surface area contributed by atoms with Crippen LogP contribution in [0.25, 0.3) is 0 Å². The Bertz CT molecular complexity index is 202. The largest absolute Gasteiger partial charge is 0.147 e. The van der Waals surface area contributed by atoms with Gasteiger partial charge >= 0.3 is 0 Å². The standard InChI is InChI=1S/C7H7ClS/c1-2-3-7-4-6(8)5-9-7/h2,4-5H,1,3H2. The molecule has 9 heavy (non-hydrogen) atoms. The van der Waals surface area contributed by atoms with Crippen LogP contribution in [-0.4, -0.2) is 0 Å². The molecule has 0 atom stereocenters. The Kier molecular flexibility index (Phi) is 2.31. The fraction of sp³-hybridized carbons (Fsp3) is 0.143. The van der Waals surface area contributed by atoms with Gasteiger partial charge in [0.1, 0.15) is 0 Å². The average Bonchev–Trinajstić information content (AvgIpc) is 2.17. The van der Waals surface area contributed by atoms with Gasteiger partial charge in [0.05, 0.1) is 5.02 Å². The minimum Gasteiger partial charge on any atom is -0.147 e. The van der Waals surface area contributed by atoms with E-state index in [-0.39, 0.29) is 0 Å². The second-order valence-electron chi connectivity index (χ2n) is 1.72. The lowest BCUT2D eigenvalue weighted by atomic mass is 10.3. The molecule has 0 aromatic carbocycles. The molecule has 0 saturated heterocycles. The van der Waals surface area contributed by atoms with Crippen molar-refractivity contribution in [2.24, 2.45) is 0 Å². The highest BCUT2D eigenvalue weighted by atomic mass is 35.5. The van der Waals surface area contributed by atoms with Crippen molar-refractivity contribution >= 4 is 22.9 Å². The minimum absolute atomic E-state index is 0.830. The summed E-state index contributed by atoms with van der Waals surface area (Å²) in [4.78, 5) is 1.27. The van der Waals surface area contributed by atoms with E-state index in [9.17, 15) is 0 Å². The van der Waals surface area contributed by atoms with Crippen LogP contribution in [0, 0.1) is 0 Å². The number of halogens is 1. The van der Waals surface area contributed by atoms with E-state index in [4.69, 9.17) is 11.6 Å². The predicted octanol–water partition coefficient (Wildman–Crippen LogP) is 3.13. The fourth-order valence-electron chi connectivity index (χ4n) is 0.603. The van der Waals surface area contributed by atoms with Crippen LogP contribution >= 0.6 is 22.9 Å². The molecule has 0 amide bonds. The fourth-order valence-corrected chi connectivity index (χ4v) is 1.67. The third kappa shape index (κ3) is 1.84. The number of hydrogen-bond donors (Lipinski definition) is 0. The Morgan fingerprint density at radius 1 is 1.78 bits per heavy atom. The molecule has 0 saturated carbocycles. The van der Waals surface area contributed by atoms with Crippen molar-refractivity contribution < 1.29 is 0 Å². The average molecular weight is 159 g/mol. The molecule has 0 aliphatic carbocycles. The summed E-state index contributed by atoms with van der Waals surface area (Å²) in [5, 5.41) is 2.76. The van der Waals surface area contributed by atoms with Gasteiger partial charge in [-0.25, -0.2) is 0 Å². The third-order valence-corrected chi connectivity index (χ3v) is 2.27. The van der Waals surface area contributed by atoms with Crippen molar-refractivity contribution in [2.45, 2.75) is 6.42 Å². The highest BCUT2D eigenvalue weighted by Gasteiger charge is 1.92. The quantitative estimate of drug-likeness (QED) is 0.581. The maximum Gasteiger partial charge on any atom is 0.0515 e. The van der Waals surface area contributed by atoms with Crippen LogP contribution < -0.4 is 0 Å². The Morgan fingerprint density at radius 2 is 2.56 bits per heavy atom. The highest BCUT2D eigenvalue weighted by Crippen LogP contribution is 2.19. The summed E-state index contributed by atoms with van der Waals surface area (Å²) in [5.74, 6) is 0. The van der Waals surface area contributed by atoms with Crippen LogP contribution in [0.1, 0.15) is 4.88 Å². The first-order valence-electron chi connectivity index (χ1n) is 2.66. The zero-order valence-electron chi connectivity index (χ0n) is 4.93. The van der Waals surface area contributed by atoms with E-state index in [1.165, 1.54) is 4.88 Å². The smallest absolute Gasteiger partial charge is 0.0515 e. The first-order valence-corrected chi connectivity index (χ1v) is 3.92. The number of rotatable bonds is 2. The van der Waals surface area contributed by atoms with Crippen molar-refractivity contribution in [3.05, 3.63) is 34.0 Å². The first-order chi connectivity index (χ1) is 4.33. The van der Waals surface area contributed by atoms with Crippen LogP contribution in [0.2, 0.25) is 5.02 Å². The van der Waals surface area contributed by atoms with E-state index in [0.29, 0.717) is 0 Å². The second kappa shape index (κ2) is 3.04. The Labute approximate surface area is 63.8 Å². The molecule has 0 nitrogen and oxygen atoms in total. The van der Waals surface area contributed by atoms with E-state index in [2.05, 4.69) is 6.58 Å². The summed E-state index contributed by atoms with van der Waals surface area (Å²) in [6.07, 6.45) is 2.81. The molecule has 0 unspecified atom stereocenters. The summed E-state index contributed by atoms with van der Waals surface area (Å²) in [6, 6.07) is 1.97. The molecule has 0 radical (unpaired) electrons. The van der Waals surface area contributed by atoms with Gasteiger partial charge in [0.2, 0.25) is 0 Å². The van der Waals surface area contributed by atoms with Gasteiger partial charge in [0, 0.05) is 10.3 Å². The van der Waals surface area contributed by atoms with Crippen molar-refractivity contribution in [3.8, 4) is 0 Å². The molecule has 0 aliphatic heterocycles. The number of hydrogen-bond acceptors (Lipinski definition) is 1. The second-order valence-corrected chi connectivity index (χ2v) is 3.16.